The van der Waals surface area contributed by atoms with Gasteiger partial charge in [-0.15, -0.1) is 16.9 Å². The van der Waals surface area contributed by atoms with Crippen molar-refractivity contribution in [3.63, 3.8) is 0 Å². The lowest BCUT2D eigenvalue weighted by Crippen LogP contribution is -2.70. The van der Waals surface area contributed by atoms with Crippen LogP contribution in [0.4, 0.5) is 0 Å². The molecule has 3 rings (SSSR count). The molecule has 1 aromatic heterocycles. The first kappa shape index (κ1) is 23.0. The van der Waals surface area contributed by atoms with Gasteiger partial charge in [-0.25, -0.2) is 4.79 Å². The lowest BCUT2D eigenvalue weighted by atomic mass is 10.0. The third-order valence-corrected chi connectivity index (χ3v) is 7.67. The molecule has 3 heterocycles. The Morgan fingerprint density at radius 1 is 1.33 bits per heavy atom. The lowest BCUT2D eigenvalue weighted by Gasteiger charge is -2.49. The number of hydrogen-bond acceptors (Lipinski definition) is 9. The number of unbranched alkanes of at least 4 members (excludes halogenated alkanes) is 2. The van der Waals surface area contributed by atoms with E-state index in [0.29, 0.717) is 27.4 Å². The zero-order valence-corrected chi connectivity index (χ0v) is 18.7. The van der Waals surface area contributed by atoms with Crippen LogP contribution < -0.4 is 5.32 Å². The van der Waals surface area contributed by atoms with Gasteiger partial charge in [-0.3, -0.25) is 19.6 Å². The van der Waals surface area contributed by atoms with E-state index in [9.17, 15) is 19.5 Å². The van der Waals surface area contributed by atoms with Crippen molar-refractivity contribution >= 4 is 53.1 Å². The number of amides is 1. The van der Waals surface area contributed by atoms with Crippen LogP contribution in [0.3, 0.4) is 0 Å². The summed E-state index contributed by atoms with van der Waals surface area (Å²) in [6.07, 6.45) is 3.18. The average Bonchev–Trinajstić information content (AvgIpc) is 3.17. The maximum absolute atomic E-state index is 12.6. The van der Waals surface area contributed by atoms with Crippen LogP contribution in [0.2, 0.25) is 0 Å². The summed E-state index contributed by atoms with van der Waals surface area (Å²) >= 11 is 3.84. The highest BCUT2D eigenvalue weighted by Gasteiger charge is 2.53. The summed E-state index contributed by atoms with van der Waals surface area (Å²) in [4.78, 5) is 40.7. The number of aromatic amines is 1. The van der Waals surface area contributed by atoms with Gasteiger partial charge in [-0.05, 0) is 18.5 Å². The molecule has 10 nitrogen and oxygen atoms in total. The van der Waals surface area contributed by atoms with Crippen molar-refractivity contribution in [1.82, 2.24) is 25.4 Å². The van der Waals surface area contributed by atoms with Crippen LogP contribution >= 0.6 is 35.3 Å². The van der Waals surface area contributed by atoms with E-state index in [1.54, 1.807) is 11.8 Å². The number of nitrogens with one attached hydrogen (secondary N) is 2. The molecule has 0 saturated carbocycles. The summed E-state index contributed by atoms with van der Waals surface area (Å²) in [5.41, 5.74) is 0.713. The number of hydrogen-bond donors (Lipinski definition) is 4. The Bertz CT molecular complexity index is 846. The van der Waals surface area contributed by atoms with Crippen molar-refractivity contribution in [3.05, 3.63) is 11.3 Å². The minimum atomic E-state index is -1.11. The van der Waals surface area contributed by atoms with Crippen LogP contribution in [0.25, 0.3) is 0 Å². The minimum Gasteiger partial charge on any atom is -0.481 e. The number of carboxylic acids is 2. The number of β-lactam (4-membered cyclic amide) rings is 1. The number of carbonyl (C=O) groups is 3. The number of thioether (sulfide) groups is 3. The molecule has 0 aliphatic carbocycles. The summed E-state index contributed by atoms with van der Waals surface area (Å²) in [5, 5.41) is 28.9. The number of aromatic nitrogens is 3. The van der Waals surface area contributed by atoms with Gasteiger partial charge in [0.1, 0.15) is 17.1 Å². The van der Waals surface area contributed by atoms with Gasteiger partial charge in [-0.2, -0.15) is 4.98 Å². The number of H-pyrrole nitrogens is 1. The van der Waals surface area contributed by atoms with Gasteiger partial charge in [0.05, 0.1) is 5.75 Å². The molecule has 1 aromatic rings. The fourth-order valence-corrected chi connectivity index (χ4v) is 6.02. The lowest BCUT2D eigenvalue weighted by molar-refractivity contribution is -0.149. The topological polar surface area (TPSA) is 149 Å². The third-order valence-electron chi connectivity index (χ3n) is 4.55. The SMILES string of the molecule is CCCCCNC1C(=O)N2C(C(=O)O)=C(CSc3nc(SCC(=O)O)n[nH]3)CS[C@@H]12. The number of fused-ring (bicyclic) bond motifs is 1. The van der Waals surface area contributed by atoms with Crippen LogP contribution in [-0.4, -0.2) is 83.4 Å². The molecular weight excluding hydrogens is 450 g/mol. The molecule has 1 unspecified atom stereocenters. The number of rotatable bonds is 12. The van der Waals surface area contributed by atoms with E-state index >= 15 is 0 Å². The summed E-state index contributed by atoms with van der Waals surface area (Å²) in [6.45, 7) is 2.86. The van der Waals surface area contributed by atoms with Gasteiger partial charge in [-0.1, -0.05) is 43.3 Å². The monoisotopic (exact) mass is 473 g/mol. The Morgan fingerprint density at radius 3 is 2.83 bits per heavy atom. The number of carbonyl (C=O) groups excluding carboxylic acids is 1. The summed E-state index contributed by atoms with van der Waals surface area (Å²) in [5.74, 6) is -1.54. The second kappa shape index (κ2) is 10.6. The first-order valence-electron chi connectivity index (χ1n) is 9.45. The largest absolute Gasteiger partial charge is 0.481 e. The van der Waals surface area contributed by atoms with Crippen molar-refractivity contribution in [2.45, 2.75) is 47.9 Å². The predicted molar refractivity (Wildman–Crippen MR) is 115 cm³/mol. The van der Waals surface area contributed by atoms with Crippen LogP contribution in [0.15, 0.2) is 21.6 Å². The standard InChI is InChI=1S/C17H23N5O5S3/c1-2-3-4-5-18-11-13(25)22-12(15(26)27)9(6-28-14(11)22)7-29-16-19-17(21-20-16)30-8-10(23)24/h11,14,18H,2-8H2,1H3,(H,23,24)(H,26,27)(H,19,20,21)/t11?,14-/m0/s1. The third kappa shape index (κ3) is 5.31. The second-order valence-corrected chi connectivity index (χ2v) is 9.71. The normalized spacial score (nSPS) is 20.8. The smallest absolute Gasteiger partial charge is 0.352 e. The molecule has 0 bridgehead atoms. The van der Waals surface area contributed by atoms with E-state index < -0.39 is 11.9 Å². The van der Waals surface area contributed by atoms with Crippen molar-refractivity contribution in [1.29, 1.82) is 0 Å². The van der Waals surface area contributed by atoms with E-state index in [1.165, 1.54) is 16.7 Å². The summed E-state index contributed by atoms with van der Waals surface area (Å²) in [7, 11) is 0. The number of carboxylic acid groups (broad SMARTS) is 2. The molecule has 1 saturated heterocycles. The molecule has 1 fully saturated rings. The molecular formula is C17H23N5O5S3. The molecule has 164 valence electrons. The van der Waals surface area contributed by atoms with Crippen LogP contribution in [-0.2, 0) is 14.4 Å². The van der Waals surface area contributed by atoms with E-state index in [4.69, 9.17) is 5.11 Å². The number of nitrogens with zero attached hydrogens (tertiary/aromatic N) is 3. The Morgan fingerprint density at radius 2 is 2.13 bits per heavy atom. The average molecular weight is 474 g/mol. The molecule has 1 amide bonds. The fourth-order valence-electron chi connectivity index (χ4n) is 3.13. The van der Waals surface area contributed by atoms with E-state index in [2.05, 4.69) is 27.4 Å². The number of aliphatic carboxylic acids is 2. The van der Waals surface area contributed by atoms with Gasteiger partial charge in [0, 0.05) is 11.5 Å². The molecule has 2 aliphatic rings. The van der Waals surface area contributed by atoms with Crippen molar-refractivity contribution < 1.29 is 24.6 Å². The second-order valence-electron chi connectivity index (χ2n) is 6.70. The molecule has 4 N–H and O–H groups in total. The molecule has 13 heteroatoms. The predicted octanol–water partition coefficient (Wildman–Crippen LogP) is 1.48. The van der Waals surface area contributed by atoms with Crippen molar-refractivity contribution in [2.75, 3.05) is 23.8 Å². The van der Waals surface area contributed by atoms with Gasteiger partial charge >= 0.3 is 11.9 Å². The van der Waals surface area contributed by atoms with Gasteiger partial charge in [0.15, 0.2) is 5.16 Å². The van der Waals surface area contributed by atoms with E-state index in [-0.39, 0.29) is 28.8 Å². The first-order valence-corrected chi connectivity index (χ1v) is 12.5. The molecule has 0 radical (unpaired) electrons. The zero-order chi connectivity index (χ0) is 21.7. The zero-order valence-electron chi connectivity index (χ0n) is 16.3. The molecule has 2 aliphatic heterocycles. The highest BCUT2D eigenvalue weighted by Crippen LogP contribution is 2.41. The highest BCUT2D eigenvalue weighted by molar-refractivity contribution is 8.01. The first-order chi connectivity index (χ1) is 14.4. The Labute approximate surface area is 186 Å². The highest BCUT2D eigenvalue weighted by atomic mass is 32.2. The maximum atomic E-state index is 12.6. The molecule has 0 aromatic carbocycles. The van der Waals surface area contributed by atoms with Gasteiger partial charge in [0.2, 0.25) is 11.1 Å². The Balaban J connectivity index is 1.61. The van der Waals surface area contributed by atoms with Crippen LogP contribution in [0.5, 0.6) is 0 Å². The summed E-state index contributed by atoms with van der Waals surface area (Å²) in [6, 6.07) is -0.335. The van der Waals surface area contributed by atoms with Gasteiger partial charge < -0.3 is 15.5 Å². The van der Waals surface area contributed by atoms with Crippen molar-refractivity contribution in [3.8, 4) is 0 Å². The summed E-state index contributed by atoms with van der Waals surface area (Å²) < 4.78 is 0. The molecule has 30 heavy (non-hydrogen) atoms. The molecule has 2 atom stereocenters. The van der Waals surface area contributed by atoms with E-state index in [1.807, 2.05) is 0 Å². The Kier molecular flexibility index (Phi) is 8.08. The van der Waals surface area contributed by atoms with Crippen molar-refractivity contribution in [2.24, 2.45) is 0 Å². The van der Waals surface area contributed by atoms with Crippen LogP contribution in [0, 0.1) is 0 Å². The fraction of sp³-hybridized carbons (Fsp3) is 0.588. The molecule has 0 spiro atoms. The van der Waals surface area contributed by atoms with Crippen LogP contribution in [0.1, 0.15) is 26.2 Å². The Hall–Kier alpha value is -1.70. The quantitative estimate of drug-likeness (QED) is 0.199. The van der Waals surface area contributed by atoms with Gasteiger partial charge in [0.25, 0.3) is 0 Å². The van der Waals surface area contributed by atoms with E-state index in [0.717, 1.165) is 37.6 Å². The minimum absolute atomic E-state index is 0.0582. The maximum Gasteiger partial charge on any atom is 0.352 e.